The molecule has 0 heterocycles. The number of halogens is 16. The summed E-state index contributed by atoms with van der Waals surface area (Å²) < 4.78 is 189. The zero-order chi connectivity index (χ0) is 103. The van der Waals surface area contributed by atoms with E-state index < -0.39 is 58.2 Å². The molecule has 0 bridgehead atoms. The molecule has 15 aromatic carbocycles. The Morgan fingerprint density at radius 1 is 0.111 bits per heavy atom. The lowest BCUT2D eigenvalue weighted by atomic mass is 10.1. The second-order valence-electron chi connectivity index (χ2n) is 33.4. The second-order valence-corrected chi connectivity index (χ2v) is 33.9. The predicted molar refractivity (Wildman–Crippen MR) is 538 cm³/mol. The maximum Gasteiger partial charge on any atom is 0.129 e. The lowest BCUT2D eigenvalue weighted by Gasteiger charge is -1.98. The van der Waals surface area contributed by atoms with E-state index in [1.165, 1.54) is 176 Å². The third-order valence-corrected chi connectivity index (χ3v) is 19.9. The van der Waals surface area contributed by atoms with E-state index in [1.807, 2.05) is 96.1 Å². The van der Waals surface area contributed by atoms with Gasteiger partial charge >= 0.3 is 0 Å². The van der Waals surface area contributed by atoms with Crippen LogP contribution >= 0.6 is 11.6 Å². The maximum atomic E-state index is 12.6. The summed E-state index contributed by atoms with van der Waals surface area (Å²) in [6.45, 7) is 52.4. The van der Waals surface area contributed by atoms with Gasteiger partial charge in [0.25, 0.3) is 0 Å². The highest BCUT2D eigenvalue weighted by Crippen LogP contribution is 2.20. The van der Waals surface area contributed by atoms with E-state index >= 15 is 0 Å². The molecule has 0 N–H and O–H groups in total. The first-order chi connectivity index (χ1) is 63.0. The zero-order valence-corrected chi connectivity index (χ0v) is 84.3. The van der Waals surface area contributed by atoms with E-state index in [-0.39, 0.29) is 56.9 Å². The highest BCUT2D eigenvalue weighted by atomic mass is 35.5. The summed E-state index contributed by atoms with van der Waals surface area (Å²) >= 11 is 5.61. The molecule has 0 nitrogen and oxygen atoms in total. The first-order valence-electron chi connectivity index (χ1n) is 43.6. The summed E-state index contributed by atoms with van der Waals surface area (Å²) in [4.78, 5) is 0. The summed E-state index contributed by atoms with van der Waals surface area (Å²) in [6, 6.07) is 81.0. The van der Waals surface area contributed by atoms with Gasteiger partial charge in [0, 0.05) is 32.8 Å². The van der Waals surface area contributed by atoms with Gasteiger partial charge in [-0.05, 0) is 387 Å². The first-order valence-corrected chi connectivity index (χ1v) is 44.0. The smallest absolute Gasteiger partial charge is 0.129 e. The van der Waals surface area contributed by atoms with Gasteiger partial charge in [0.15, 0.2) is 0 Å². The molecule has 0 aliphatic carbocycles. The quantitative estimate of drug-likeness (QED) is 0.133. The number of hydrogen-bond donors (Lipinski definition) is 0. The molecular weight excluding hydrogens is 1750 g/mol. The number of benzene rings is 15. The summed E-state index contributed by atoms with van der Waals surface area (Å²) in [5.41, 5.74) is 23.8. The van der Waals surface area contributed by atoms with Gasteiger partial charge in [-0.3, -0.25) is 0 Å². The lowest BCUT2D eigenvalue weighted by Crippen LogP contribution is -1.89. The first kappa shape index (κ1) is 121. The van der Waals surface area contributed by atoms with E-state index in [0.717, 1.165) is 32.8 Å². The van der Waals surface area contributed by atoms with Crippen LogP contribution in [0.5, 0.6) is 0 Å². The molecule has 0 aromatic heterocycles. The Labute approximate surface area is 800 Å². The Morgan fingerprint density at radius 2 is 0.200 bits per heavy atom. The van der Waals surface area contributed by atoms with Crippen molar-refractivity contribution in [2.45, 2.75) is 201 Å². The van der Waals surface area contributed by atoms with Crippen molar-refractivity contribution in [1.82, 2.24) is 0 Å². The van der Waals surface area contributed by atoms with Gasteiger partial charge in [-0.1, -0.05) is 232 Å². The fourth-order valence-electron chi connectivity index (χ4n) is 10.4. The minimum atomic E-state index is -0.475. The van der Waals surface area contributed by atoms with Crippen LogP contribution in [-0.4, -0.2) is 0 Å². The molecule has 0 aliphatic rings. The van der Waals surface area contributed by atoms with Gasteiger partial charge in [-0.2, -0.15) is 0 Å². The van der Waals surface area contributed by atoms with Crippen LogP contribution < -0.4 is 0 Å². The highest BCUT2D eigenvalue weighted by Gasteiger charge is 2.09. The van der Waals surface area contributed by atoms with E-state index in [9.17, 15) is 65.9 Å². The molecule has 0 atom stereocenters. The topological polar surface area (TPSA) is 0 Å². The van der Waals surface area contributed by atoms with Gasteiger partial charge in [0.2, 0.25) is 0 Å². The summed E-state index contributed by atoms with van der Waals surface area (Å²) in [6.07, 6.45) is 0. The number of hydrogen-bond acceptors (Lipinski definition) is 0. The van der Waals surface area contributed by atoms with Crippen LogP contribution in [0.15, 0.2) is 273 Å². The second kappa shape index (κ2) is 62.9. The van der Waals surface area contributed by atoms with Crippen LogP contribution in [-0.2, 0) is 0 Å². The Hall–Kier alpha value is -12.5. The average molecular weight is 1880 g/mol. The van der Waals surface area contributed by atoms with Crippen molar-refractivity contribution in [2.24, 2.45) is 0 Å². The molecule has 0 unspecified atom stereocenters. The third-order valence-electron chi connectivity index (χ3n) is 19.6. The van der Waals surface area contributed by atoms with Crippen molar-refractivity contribution >= 4 is 11.6 Å². The lowest BCUT2D eigenvalue weighted by molar-refractivity contribution is 0.565. The third kappa shape index (κ3) is 52.1. The molecule has 0 aliphatic heterocycles. The largest absolute Gasteiger partial charge is 0.207 e. The van der Waals surface area contributed by atoms with Crippen LogP contribution in [0.3, 0.4) is 0 Å². The maximum absolute atomic E-state index is 12.6. The molecule has 16 heteroatoms. The normalized spacial score (nSPS) is 9.67. The van der Waals surface area contributed by atoms with Crippen LogP contribution in [0.25, 0.3) is 0 Å². The van der Waals surface area contributed by atoms with Crippen LogP contribution in [0.2, 0.25) is 5.02 Å². The average Bonchev–Trinajstić information content (AvgIpc) is 0.842. The van der Waals surface area contributed by atoms with Crippen LogP contribution in [0, 0.1) is 288 Å². The van der Waals surface area contributed by atoms with Gasteiger partial charge in [0.1, 0.15) is 87.3 Å². The Bertz CT molecular complexity index is 4980. The molecule has 15 aromatic rings. The standard InChI is InChI=1S/5C8H8F2.5C8H9F.4C8H10.C7H7Cl/c5*1-5-3-7(9)6(2)8(10)4-5;5*1-6-3-4-7(2)8(9)5-6;4*1-7-3-5-8(2)6-4-7;1-6-2-4-7(8)5-3-6/h5*3-4H,1-2H3;5*3-5H,1-2H3;4*3-6H,1-2H3;2-5H,1H3. The molecule has 0 saturated heterocycles. The summed E-state index contributed by atoms with van der Waals surface area (Å²) in [7, 11) is 0. The van der Waals surface area contributed by atoms with Crippen molar-refractivity contribution in [2.75, 3.05) is 0 Å². The predicted octanol–water partition coefficient (Wildman–Crippen LogP) is 37.0. The zero-order valence-electron chi connectivity index (χ0n) is 83.5. The molecule has 0 spiro atoms. The van der Waals surface area contributed by atoms with E-state index in [2.05, 4.69) is 152 Å². The molecule has 0 radical (unpaired) electrons. The van der Waals surface area contributed by atoms with E-state index in [1.54, 1.807) is 99.6 Å². The fourth-order valence-corrected chi connectivity index (χ4v) is 10.6. The van der Waals surface area contributed by atoms with Crippen LogP contribution in [0.4, 0.5) is 65.9 Å². The molecule has 0 saturated carbocycles. The van der Waals surface area contributed by atoms with E-state index in [0.29, 0.717) is 55.6 Å². The highest BCUT2D eigenvalue weighted by molar-refractivity contribution is 6.30. The van der Waals surface area contributed by atoms with Crippen molar-refractivity contribution in [1.29, 1.82) is 0 Å². The minimum absolute atomic E-state index is 0.0885. The number of aryl methyl sites for hydroxylation is 24. The van der Waals surface area contributed by atoms with Crippen LogP contribution in [0.1, 0.15) is 161 Å². The Balaban J connectivity index is 0.000000724. The van der Waals surface area contributed by atoms with Crippen molar-refractivity contribution in [3.8, 4) is 0 Å². The van der Waals surface area contributed by atoms with Crippen molar-refractivity contribution in [3.05, 3.63) is 527 Å². The van der Waals surface area contributed by atoms with E-state index in [4.69, 9.17) is 11.6 Å². The summed E-state index contributed by atoms with van der Waals surface area (Å²) in [5, 5.41) is 0.801. The minimum Gasteiger partial charge on any atom is -0.207 e. The molecule has 135 heavy (non-hydrogen) atoms. The number of rotatable bonds is 0. The molecule has 720 valence electrons. The molecular formula is C119H132ClF15. The van der Waals surface area contributed by atoms with Crippen molar-refractivity contribution in [3.63, 3.8) is 0 Å². The van der Waals surface area contributed by atoms with Gasteiger partial charge < -0.3 is 0 Å². The van der Waals surface area contributed by atoms with Gasteiger partial charge in [-0.15, -0.1) is 0 Å². The fraction of sp³-hybridized carbons (Fsp3) is 0.244. The SMILES string of the molecule is Cc1cc(F)c(C)c(F)c1.Cc1cc(F)c(C)c(F)c1.Cc1cc(F)c(C)c(F)c1.Cc1cc(F)c(C)c(F)c1.Cc1cc(F)c(C)c(F)c1.Cc1ccc(C)c(F)c1.Cc1ccc(C)c(F)c1.Cc1ccc(C)c(F)c1.Cc1ccc(C)c(F)c1.Cc1ccc(C)c(F)c1.Cc1ccc(C)cc1.Cc1ccc(C)cc1.Cc1ccc(C)cc1.Cc1ccc(C)cc1.Cc1ccc(Cl)cc1. The van der Waals surface area contributed by atoms with Crippen molar-refractivity contribution < 1.29 is 65.9 Å². The molecule has 0 amide bonds. The Morgan fingerprint density at radius 3 is 0.289 bits per heavy atom. The summed E-state index contributed by atoms with van der Waals surface area (Å²) in [5.74, 6) is -5.32. The monoisotopic (exact) mass is 1880 g/mol. The molecule has 0 fully saturated rings. The van der Waals surface area contributed by atoms with Gasteiger partial charge in [0.05, 0.1) is 0 Å². The van der Waals surface area contributed by atoms with Gasteiger partial charge in [-0.25, -0.2) is 65.9 Å². The molecule has 15 rings (SSSR count). The Kier molecular flexibility index (Phi) is 56.2.